The molecule has 8 nitrogen and oxygen atoms in total. The summed E-state index contributed by atoms with van der Waals surface area (Å²) < 4.78 is 54.8. The van der Waals surface area contributed by atoms with Gasteiger partial charge < -0.3 is 14.9 Å². The molecule has 3 atom stereocenters. The third-order valence-electron chi connectivity index (χ3n) is 7.45. The first kappa shape index (κ1) is 36.1. The van der Waals surface area contributed by atoms with Gasteiger partial charge in [-0.25, -0.2) is 17.6 Å². The van der Waals surface area contributed by atoms with Crippen molar-refractivity contribution in [1.82, 2.24) is 4.72 Å². The fourth-order valence-electron chi connectivity index (χ4n) is 4.08. The summed E-state index contributed by atoms with van der Waals surface area (Å²) in [6.07, 6.45) is -2.28. The molecule has 0 saturated carbocycles. The molecule has 0 fully saturated rings. The highest BCUT2D eigenvalue weighted by atomic mass is 79.9. The average molecular weight is 688 g/mol. The van der Waals surface area contributed by atoms with Crippen molar-refractivity contribution in [1.29, 1.82) is 0 Å². The highest BCUT2D eigenvalue weighted by molar-refractivity contribution is 9.09. The van der Waals surface area contributed by atoms with Crippen molar-refractivity contribution in [3.63, 3.8) is 0 Å². The number of hydrogen-bond acceptors (Lipinski definition) is 6. The van der Waals surface area contributed by atoms with Crippen molar-refractivity contribution in [3.8, 4) is 0 Å². The summed E-state index contributed by atoms with van der Waals surface area (Å²) in [4.78, 5) is 25.3. The Morgan fingerprint density at radius 3 is 2.07 bits per heavy atom. The van der Waals surface area contributed by atoms with E-state index in [1.54, 1.807) is 39.0 Å². The zero-order valence-corrected chi connectivity index (χ0v) is 29.1. The molecule has 0 saturated heterocycles. The maximum atomic E-state index is 13.8. The number of nitrogens with two attached hydrogens (primary N) is 1. The summed E-state index contributed by atoms with van der Waals surface area (Å²) in [5.74, 6) is -1.22. The second-order valence-electron chi connectivity index (χ2n) is 13.1. The third-order valence-corrected chi connectivity index (χ3v) is 14.1. The number of halogens is 2. The molecule has 0 aliphatic carbocycles. The minimum atomic E-state index is -4.16. The number of alkyl halides is 1. The van der Waals surface area contributed by atoms with Gasteiger partial charge in [-0.1, -0.05) is 81.7 Å². The molecular formula is C30H44BrFN2O6SSi. The lowest BCUT2D eigenvalue weighted by molar-refractivity contribution is -0.131. The number of primary amides is 1. The van der Waals surface area contributed by atoms with Crippen LogP contribution < -0.4 is 10.5 Å². The molecule has 0 heterocycles. The predicted octanol–water partition coefficient (Wildman–Crippen LogP) is 6.12. The zero-order valence-electron chi connectivity index (χ0n) is 25.7. The van der Waals surface area contributed by atoms with E-state index in [1.165, 1.54) is 30.3 Å². The molecule has 0 aromatic heterocycles. The number of nitrogens with one attached hydrogen (secondary N) is 1. The van der Waals surface area contributed by atoms with Crippen molar-refractivity contribution in [2.45, 2.75) is 95.7 Å². The summed E-state index contributed by atoms with van der Waals surface area (Å²) in [5, 5.41) is 0.692. The highest BCUT2D eigenvalue weighted by Gasteiger charge is 2.41. The molecule has 234 valence electrons. The number of Topliss-reactive ketones (excluding diaryl/α,β-unsaturated/α-hetero) is 1. The van der Waals surface area contributed by atoms with Crippen molar-refractivity contribution < 1.29 is 31.6 Å². The number of sulfonamides is 1. The zero-order chi connectivity index (χ0) is 32.1. The quantitative estimate of drug-likeness (QED) is 0.193. The van der Waals surface area contributed by atoms with Gasteiger partial charge in [0.15, 0.2) is 20.2 Å². The molecule has 12 heteroatoms. The van der Waals surface area contributed by atoms with Gasteiger partial charge in [-0.2, -0.15) is 4.72 Å². The van der Waals surface area contributed by atoms with Gasteiger partial charge in [-0.3, -0.25) is 4.79 Å². The summed E-state index contributed by atoms with van der Waals surface area (Å²) in [7, 11) is -6.17. The Hall–Kier alpha value is -2.12. The highest BCUT2D eigenvalue weighted by Crippen LogP contribution is 2.38. The SMILES string of the molecule is CC(C)(C)[C@H](NS(=O)(=O)c1ccc(C[C@@H](CBr)O[Si](C)(C)C(C)(C)C)cc1)C(=O)C(Cc1cccc(F)c1)OC(N)=O. The van der Waals surface area contributed by atoms with Crippen LogP contribution in [0.1, 0.15) is 52.7 Å². The van der Waals surface area contributed by atoms with Crippen LogP contribution in [0.3, 0.4) is 0 Å². The van der Waals surface area contributed by atoms with E-state index in [4.69, 9.17) is 14.9 Å². The first-order valence-electron chi connectivity index (χ1n) is 13.8. The van der Waals surface area contributed by atoms with Gasteiger partial charge in [0.25, 0.3) is 0 Å². The second kappa shape index (κ2) is 14.1. The van der Waals surface area contributed by atoms with E-state index >= 15 is 0 Å². The Morgan fingerprint density at radius 1 is 1.00 bits per heavy atom. The number of carbonyl (C=O) groups excluding carboxylic acids is 2. The summed E-state index contributed by atoms with van der Waals surface area (Å²) >= 11 is 3.55. The van der Waals surface area contributed by atoms with Gasteiger partial charge in [0.1, 0.15) is 5.82 Å². The number of ether oxygens (including phenoxy) is 1. The molecule has 0 aliphatic heterocycles. The number of rotatable bonds is 13. The average Bonchev–Trinajstić information content (AvgIpc) is 2.85. The van der Waals surface area contributed by atoms with Crippen LogP contribution in [-0.4, -0.2) is 52.2 Å². The van der Waals surface area contributed by atoms with E-state index in [2.05, 4.69) is 54.5 Å². The Balaban J connectivity index is 2.28. The second-order valence-corrected chi connectivity index (χ2v) is 20.2. The van der Waals surface area contributed by atoms with Gasteiger partial charge in [0.2, 0.25) is 10.0 Å². The van der Waals surface area contributed by atoms with Crippen LogP contribution in [-0.2, 0) is 36.8 Å². The summed E-state index contributed by atoms with van der Waals surface area (Å²) in [5.41, 5.74) is 5.61. The van der Waals surface area contributed by atoms with Gasteiger partial charge in [0.05, 0.1) is 17.0 Å². The number of ketones is 1. The minimum Gasteiger partial charge on any atom is -0.438 e. The number of amides is 1. The molecule has 2 rings (SSSR count). The fourth-order valence-corrected chi connectivity index (χ4v) is 7.45. The molecule has 1 amide bonds. The Morgan fingerprint density at radius 2 is 1.60 bits per heavy atom. The van der Waals surface area contributed by atoms with Crippen LogP contribution in [0.15, 0.2) is 53.4 Å². The van der Waals surface area contributed by atoms with E-state index in [1.807, 2.05) is 0 Å². The van der Waals surface area contributed by atoms with Crippen molar-refractivity contribution in [3.05, 3.63) is 65.5 Å². The van der Waals surface area contributed by atoms with Crippen LogP contribution >= 0.6 is 15.9 Å². The lowest BCUT2D eigenvalue weighted by Crippen LogP contribution is -2.53. The molecule has 0 aliphatic rings. The molecule has 2 aromatic carbocycles. The van der Waals surface area contributed by atoms with Crippen molar-refractivity contribution >= 4 is 46.1 Å². The number of hydrogen-bond donors (Lipinski definition) is 2. The predicted molar refractivity (Wildman–Crippen MR) is 169 cm³/mol. The van der Waals surface area contributed by atoms with Crippen molar-refractivity contribution in [2.24, 2.45) is 11.1 Å². The molecule has 42 heavy (non-hydrogen) atoms. The largest absolute Gasteiger partial charge is 0.438 e. The van der Waals surface area contributed by atoms with E-state index in [-0.39, 0.29) is 22.5 Å². The molecular weight excluding hydrogens is 643 g/mol. The molecule has 0 radical (unpaired) electrons. The van der Waals surface area contributed by atoms with Gasteiger partial charge in [-0.15, -0.1) is 0 Å². The maximum absolute atomic E-state index is 13.8. The molecule has 0 spiro atoms. The lowest BCUT2D eigenvalue weighted by Gasteiger charge is -2.39. The topological polar surface area (TPSA) is 125 Å². The summed E-state index contributed by atoms with van der Waals surface area (Å²) in [6.45, 7) is 16.0. The molecule has 3 N–H and O–H groups in total. The fraction of sp³-hybridized carbons (Fsp3) is 0.533. The van der Waals surface area contributed by atoms with E-state index < -0.39 is 53.6 Å². The monoisotopic (exact) mass is 686 g/mol. The Kier molecular flexibility index (Phi) is 12.1. The minimum absolute atomic E-state index is 0.0218. The van der Waals surface area contributed by atoms with Gasteiger partial charge >= 0.3 is 6.09 Å². The maximum Gasteiger partial charge on any atom is 0.405 e. The van der Waals surface area contributed by atoms with E-state index in [9.17, 15) is 22.4 Å². The van der Waals surface area contributed by atoms with Crippen LogP contribution in [0.5, 0.6) is 0 Å². The Labute approximate surface area is 259 Å². The van der Waals surface area contributed by atoms with Crippen LogP contribution in [0.2, 0.25) is 18.1 Å². The third kappa shape index (κ3) is 10.3. The smallest absolute Gasteiger partial charge is 0.405 e. The first-order valence-corrected chi connectivity index (χ1v) is 19.3. The number of benzene rings is 2. The first-order chi connectivity index (χ1) is 19.2. The number of carbonyl (C=O) groups is 2. The van der Waals surface area contributed by atoms with E-state index in [0.29, 0.717) is 17.3 Å². The van der Waals surface area contributed by atoms with Crippen molar-refractivity contribution in [2.75, 3.05) is 5.33 Å². The van der Waals surface area contributed by atoms with Crippen LogP contribution in [0.25, 0.3) is 0 Å². The Bertz CT molecular complexity index is 1340. The van der Waals surface area contributed by atoms with Gasteiger partial charge in [-0.05, 0) is 65.4 Å². The lowest BCUT2D eigenvalue weighted by atomic mass is 9.82. The normalized spacial score (nSPS) is 15.1. The molecule has 2 aromatic rings. The van der Waals surface area contributed by atoms with Crippen LogP contribution in [0.4, 0.5) is 9.18 Å². The van der Waals surface area contributed by atoms with Crippen LogP contribution in [0, 0.1) is 11.2 Å². The standard InChI is InChI=1S/C30H44BrFN2O6SSi/c1-29(2,3)27(26(35)25(39-28(33)36)18-21-10-9-11-22(32)16-21)34-41(37,38)24-14-12-20(13-15-24)17-23(19-31)40-42(7,8)30(4,5)6/h9-16,23,25,27,34H,17-19H2,1-8H3,(H2,33,36)/t23-,25?,27+/m0/s1. The van der Waals surface area contributed by atoms with Gasteiger partial charge in [0, 0.05) is 11.8 Å². The molecule has 0 bridgehead atoms. The molecule has 1 unspecified atom stereocenters. The summed E-state index contributed by atoms with van der Waals surface area (Å²) in [6, 6.07) is 10.6. The van der Waals surface area contributed by atoms with E-state index in [0.717, 1.165) is 5.56 Å².